The van der Waals surface area contributed by atoms with Crippen LogP contribution >= 0.6 is 0 Å². The van der Waals surface area contributed by atoms with Gasteiger partial charge in [-0.1, -0.05) is 42.5 Å². The van der Waals surface area contributed by atoms with Gasteiger partial charge in [-0.3, -0.25) is 9.89 Å². The Bertz CT molecular complexity index is 1220. The van der Waals surface area contributed by atoms with E-state index >= 15 is 0 Å². The molecule has 3 N–H and O–H groups in total. The number of rotatable bonds is 6. The summed E-state index contributed by atoms with van der Waals surface area (Å²) in [7, 11) is 0. The van der Waals surface area contributed by atoms with Crippen molar-refractivity contribution in [3.63, 3.8) is 0 Å². The van der Waals surface area contributed by atoms with Gasteiger partial charge in [0, 0.05) is 23.6 Å². The number of para-hydroxylation sites is 1. The maximum atomic E-state index is 13.1. The van der Waals surface area contributed by atoms with Crippen LogP contribution in [0.15, 0.2) is 78.9 Å². The number of anilines is 3. The molecule has 0 spiro atoms. The molecule has 0 saturated heterocycles. The van der Waals surface area contributed by atoms with Crippen LogP contribution in [0.4, 0.5) is 21.7 Å². The van der Waals surface area contributed by atoms with Crippen LogP contribution in [0.3, 0.4) is 0 Å². The molecule has 1 atom stereocenters. The Balaban J connectivity index is 1.36. The average molecular weight is 428 g/mol. The molecule has 1 aliphatic heterocycles. The minimum atomic E-state index is -0.269. The molecule has 0 bridgehead atoms. The molecular formula is C25H21FN4O2. The van der Waals surface area contributed by atoms with E-state index in [0.717, 1.165) is 28.2 Å². The van der Waals surface area contributed by atoms with E-state index in [2.05, 4.69) is 20.8 Å². The lowest BCUT2D eigenvalue weighted by atomic mass is 9.86. The molecule has 160 valence electrons. The number of ether oxygens (including phenoxy) is 1. The maximum absolute atomic E-state index is 13.1. The molecule has 7 heteroatoms. The van der Waals surface area contributed by atoms with Gasteiger partial charge in [-0.2, -0.15) is 5.10 Å². The second kappa shape index (κ2) is 8.55. The predicted molar refractivity (Wildman–Crippen MR) is 121 cm³/mol. The molecule has 3 aromatic carbocycles. The number of halogens is 1. The standard InChI is InChI=1S/C25H21FN4O2/c26-18-10-6-16(7-11-18)15-32-20-12-8-17(9-13-20)21-14-22(31)28-25-23(21)24(29-30-25)27-19-4-2-1-3-5-19/h1-13,21H,14-15H2,(H3,27,28,29,30,31)/t21-/m0/s1. The Morgan fingerprint density at radius 3 is 2.50 bits per heavy atom. The number of benzene rings is 3. The molecule has 0 fully saturated rings. The summed E-state index contributed by atoms with van der Waals surface area (Å²) in [6.07, 6.45) is 0.325. The van der Waals surface area contributed by atoms with Gasteiger partial charge >= 0.3 is 0 Å². The molecule has 1 aromatic heterocycles. The van der Waals surface area contributed by atoms with E-state index < -0.39 is 0 Å². The van der Waals surface area contributed by atoms with Crippen LogP contribution in [0.2, 0.25) is 0 Å². The van der Waals surface area contributed by atoms with Gasteiger partial charge in [0.2, 0.25) is 5.91 Å². The molecule has 0 unspecified atom stereocenters. The van der Waals surface area contributed by atoms with Gasteiger partial charge in [0.25, 0.3) is 0 Å². The largest absolute Gasteiger partial charge is 0.489 e. The molecule has 1 aliphatic rings. The van der Waals surface area contributed by atoms with Gasteiger partial charge in [-0.15, -0.1) is 0 Å². The number of aromatic amines is 1. The number of nitrogens with one attached hydrogen (secondary N) is 3. The second-order valence-corrected chi connectivity index (χ2v) is 7.64. The third-order valence-corrected chi connectivity index (χ3v) is 5.44. The molecule has 32 heavy (non-hydrogen) atoms. The summed E-state index contributed by atoms with van der Waals surface area (Å²) in [5, 5.41) is 13.5. The number of nitrogens with zero attached hydrogens (tertiary/aromatic N) is 1. The molecule has 2 heterocycles. The highest BCUT2D eigenvalue weighted by Gasteiger charge is 2.31. The van der Waals surface area contributed by atoms with E-state index in [4.69, 9.17) is 4.74 Å². The molecule has 0 saturated carbocycles. The molecule has 0 aliphatic carbocycles. The van der Waals surface area contributed by atoms with Crippen LogP contribution in [0.25, 0.3) is 0 Å². The van der Waals surface area contributed by atoms with E-state index in [1.807, 2.05) is 54.6 Å². The zero-order valence-electron chi connectivity index (χ0n) is 17.1. The first-order chi connectivity index (χ1) is 15.7. The van der Waals surface area contributed by atoms with Crippen LogP contribution in [-0.2, 0) is 11.4 Å². The van der Waals surface area contributed by atoms with Gasteiger partial charge in [0.15, 0.2) is 5.82 Å². The minimum absolute atomic E-state index is 0.0723. The number of hydrogen-bond donors (Lipinski definition) is 3. The molecule has 6 nitrogen and oxygen atoms in total. The highest BCUT2D eigenvalue weighted by atomic mass is 19.1. The van der Waals surface area contributed by atoms with Crippen molar-refractivity contribution < 1.29 is 13.9 Å². The zero-order chi connectivity index (χ0) is 21.9. The monoisotopic (exact) mass is 428 g/mol. The fourth-order valence-electron chi connectivity index (χ4n) is 3.85. The number of fused-ring (bicyclic) bond motifs is 1. The van der Waals surface area contributed by atoms with E-state index in [0.29, 0.717) is 24.6 Å². The van der Waals surface area contributed by atoms with Crippen LogP contribution in [-0.4, -0.2) is 16.1 Å². The number of H-pyrrole nitrogens is 1. The number of carbonyl (C=O) groups excluding carboxylic acids is 1. The Labute approximate surface area is 184 Å². The Morgan fingerprint density at radius 1 is 1.00 bits per heavy atom. The van der Waals surface area contributed by atoms with Crippen LogP contribution in [0, 0.1) is 5.82 Å². The fourth-order valence-corrected chi connectivity index (χ4v) is 3.85. The fraction of sp³-hybridized carbons (Fsp3) is 0.120. The number of carbonyl (C=O) groups is 1. The van der Waals surface area contributed by atoms with Gasteiger partial charge in [0.05, 0.1) is 0 Å². The first-order valence-corrected chi connectivity index (χ1v) is 10.3. The summed E-state index contributed by atoms with van der Waals surface area (Å²) in [5.74, 6) is 1.52. The highest BCUT2D eigenvalue weighted by molar-refractivity contribution is 5.95. The number of amides is 1. The number of hydrogen-bond acceptors (Lipinski definition) is 4. The van der Waals surface area contributed by atoms with E-state index in [-0.39, 0.29) is 17.6 Å². The molecule has 0 radical (unpaired) electrons. The molecule has 5 rings (SSSR count). The lowest BCUT2D eigenvalue weighted by molar-refractivity contribution is -0.116. The van der Waals surface area contributed by atoms with E-state index in [1.165, 1.54) is 12.1 Å². The van der Waals surface area contributed by atoms with E-state index in [9.17, 15) is 9.18 Å². The number of aromatic nitrogens is 2. The second-order valence-electron chi connectivity index (χ2n) is 7.64. The first-order valence-electron chi connectivity index (χ1n) is 10.3. The molecular weight excluding hydrogens is 407 g/mol. The first kappa shape index (κ1) is 19.8. The molecule has 1 amide bonds. The third-order valence-electron chi connectivity index (χ3n) is 5.44. The van der Waals surface area contributed by atoms with Crippen LogP contribution in [0.5, 0.6) is 5.75 Å². The van der Waals surface area contributed by atoms with Crippen molar-refractivity contribution in [3.05, 3.63) is 101 Å². The Hall–Kier alpha value is -4.13. The topological polar surface area (TPSA) is 79.0 Å². The normalized spacial score (nSPS) is 15.0. The van der Waals surface area contributed by atoms with Crippen molar-refractivity contribution in [1.29, 1.82) is 0 Å². The van der Waals surface area contributed by atoms with Gasteiger partial charge < -0.3 is 15.4 Å². The lowest BCUT2D eigenvalue weighted by Crippen LogP contribution is -2.23. The smallest absolute Gasteiger partial charge is 0.226 e. The Morgan fingerprint density at radius 2 is 1.75 bits per heavy atom. The van der Waals surface area contributed by atoms with Crippen LogP contribution < -0.4 is 15.4 Å². The Kier molecular flexibility index (Phi) is 5.29. The summed E-state index contributed by atoms with van der Waals surface area (Å²) in [6.45, 7) is 0.350. The summed E-state index contributed by atoms with van der Waals surface area (Å²) in [5.41, 5.74) is 3.74. The summed E-state index contributed by atoms with van der Waals surface area (Å²) >= 11 is 0. The van der Waals surface area contributed by atoms with Crippen molar-refractivity contribution in [3.8, 4) is 5.75 Å². The average Bonchev–Trinajstić information content (AvgIpc) is 3.21. The summed E-state index contributed by atoms with van der Waals surface area (Å²) in [4.78, 5) is 12.3. The van der Waals surface area contributed by atoms with Crippen molar-refractivity contribution >= 4 is 23.2 Å². The summed E-state index contributed by atoms with van der Waals surface area (Å²) < 4.78 is 18.9. The van der Waals surface area contributed by atoms with Gasteiger partial charge in [0.1, 0.15) is 24.0 Å². The van der Waals surface area contributed by atoms with Crippen molar-refractivity contribution in [2.45, 2.75) is 18.9 Å². The van der Waals surface area contributed by atoms with Gasteiger partial charge in [-0.05, 0) is 47.5 Å². The lowest BCUT2D eigenvalue weighted by Gasteiger charge is -2.23. The van der Waals surface area contributed by atoms with Crippen molar-refractivity contribution in [2.24, 2.45) is 0 Å². The zero-order valence-corrected chi connectivity index (χ0v) is 17.1. The van der Waals surface area contributed by atoms with Crippen molar-refractivity contribution in [2.75, 3.05) is 10.6 Å². The SMILES string of the molecule is O=C1C[C@@H](c2ccc(OCc3ccc(F)cc3)cc2)c2c(n[nH]c2Nc2ccccc2)N1. The quantitative estimate of drug-likeness (QED) is 0.387. The molecule has 4 aromatic rings. The van der Waals surface area contributed by atoms with Gasteiger partial charge in [-0.25, -0.2) is 4.39 Å². The van der Waals surface area contributed by atoms with E-state index in [1.54, 1.807) is 12.1 Å². The van der Waals surface area contributed by atoms with Crippen molar-refractivity contribution in [1.82, 2.24) is 10.2 Å². The summed E-state index contributed by atoms with van der Waals surface area (Å²) in [6, 6.07) is 23.7. The third kappa shape index (κ3) is 4.18. The maximum Gasteiger partial charge on any atom is 0.226 e. The minimum Gasteiger partial charge on any atom is -0.489 e. The predicted octanol–water partition coefficient (Wildman–Crippen LogP) is 5.35. The van der Waals surface area contributed by atoms with Crippen LogP contribution in [0.1, 0.15) is 29.0 Å². The highest BCUT2D eigenvalue weighted by Crippen LogP contribution is 2.41.